The number of nitrogens with zero attached hydrogens (tertiary/aromatic N) is 4. The van der Waals surface area contributed by atoms with Crippen LogP contribution in [0.5, 0.6) is 5.75 Å². The Kier molecular flexibility index (Phi) is 5.29. The van der Waals surface area contributed by atoms with Gasteiger partial charge in [-0.3, -0.25) is 9.67 Å². The monoisotopic (exact) mass is 424 g/mol. The molecule has 0 amide bonds. The molecule has 31 heavy (non-hydrogen) atoms. The molecule has 1 aliphatic carbocycles. The lowest BCUT2D eigenvalue weighted by molar-refractivity contribution is 0.201. The first-order valence-electron chi connectivity index (χ1n) is 10.5. The summed E-state index contributed by atoms with van der Waals surface area (Å²) in [6.07, 6.45) is 7.24. The van der Waals surface area contributed by atoms with Crippen molar-refractivity contribution in [2.75, 3.05) is 13.2 Å². The van der Waals surface area contributed by atoms with Crippen molar-refractivity contribution in [1.29, 1.82) is 0 Å². The average Bonchev–Trinajstić information content (AvgIpc) is 3.54. The first-order valence-corrected chi connectivity index (χ1v) is 10.5. The maximum atomic E-state index is 12.5. The lowest BCUT2D eigenvalue weighted by Crippen LogP contribution is -2.24. The first kappa shape index (κ1) is 19.6. The van der Waals surface area contributed by atoms with Crippen molar-refractivity contribution in [3.63, 3.8) is 0 Å². The van der Waals surface area contributed by atoms with Gasteiger partial charge < -0.3 is 19.2 Å². The molecule has 3 heterocycles. The molecule has 162 valence electrons. The van der Waals surface area contributed by atoms with Crippen LogP contribution in [-0.4, -0.2) is 48.3 Å². The molecule has 1 saturated carbocycles. The van der Waals surface area contributed by atoms with E-state index in [9.17, 15) is 4.79 Å². The number of ether oxygens (including phenoxy) is 1. The minimum absolute atomic E-state index is 0.0508. The minimum Gasteiger partial charge on any atom is -0.491 e. The van der Waals surface area contributed by atoms with Gasteiger partial charge in [-0.2, -0.15) is 5.10 Å². The highest BCUT2D eigenvalue weighted by molar-refractivity contribution is 5.77. The Labute approximate surface area is 177 Å². The zero-order chi connectivity index (χ0) is 21.2. The van der Waals surface area contributed by atoms with Crippen LogP contribution in [0.4, 0.5) is 0 Å². The fourth-order valence-electron chi connectivity index (χ4n) is 4.30. The molecule has 5 rings (SSSR count). The van der Waals surface area contributed by atoms with Crippen LogP contribution in [0.3, 0.4) is 0 Å². The van der Waals surface area contributed by atoms with E-state index < -0.39 is 0 Å². The number of H-pyrrole nitrogens is 2. The van der Waals surface area contributed by atoms with Gasteiger partial charge in [0.15, 0.2) is 0 Å². The molecule has 10 nitrogen and oxygen atoms in total. The summed E-state index contributed by atoms with van der Waals surface area (Å²) in [5, 5.41) is 24.0. The minimum atomic E-state index is -0.113. The van der Waals surface area contributed by atoms with E-state index in [0.717, 1.165) is 42.3 Å². The number of rotatable bonds is 7. The van der Waals surface area contributed by atoms with Crippen LogP contribution in [-0.2, 0) is 6.54 Å². The van der Waals surface area contributed by atoms with Gasteiger partial charge in [-0.05, 0) is 43.7 Å². The van der Waals surface area contributed by atoms with Crippen LogP contribution in [0.25, 0.3) is 22.5 Å². The standard InChI is InChI=1S/C21H24N6O4/c28-7-8-30-16-5-6-17-18(9-16)27(21(29)24-17)12-13-1-3-14(4-2-13)19-25-26-20(31-19)15-10-22-23-11-15/h5-6,9-11,13-14,28H,1-4,7-8,12H2,(H,22,23)(H,24,29). The molecule has 1 aliphatic rings. The quantitative estimate of drug-likeness (QED) is 0.415. The Morgan fingerprint density at radius 3 is 2.87 bits per heavy atom. The second kappa shape index (κ2) is 8.38. The zero-order valence-electron chi connectivity index (χ0n) is 17.0. The van der Waals surface area contributed by atoms with Crippen molar-refractivity contribution < 1.29 is 14.3 Å². The number of hydrogen-bond donors (Lipinski definition) is 3. The van der Waals surface area contributed by atoms with Gasteiger partial charge in [0.05, 0.1) is 29.4 Å². The molecule has 3 N–H and O–H groups in total. The van der Waals surface area contributed by atoms with Crippen molar-refractivity contribution in [3.8, 4) is 17.2 Å². The van der Waals surface area contributed by atoms with Crippen LogP contribution < -0.4 is 10.4 Å². The van der Waals surface area contributed by atoms with Gasteiger partial charge in [0.2, 0.25) is 5.89 Å². The maximum Gasteiger partial charge on any atom is 0.326 e. The molecule has 0 saturated heterocycles. The molecule has 0 atom stereocenters. The zero-order valence-corrected chi connectivity index (χ0v) is 17.0. The number of aliphatic hydroxyl groups excluding tert-OH is 1. The Balaban J connectivity index is 1.26. The molecule has 0 bridgehead atoms. The van der Waals surface area contributed by atoms with E-state index in [1.807, 2.05) is 12.1 Å². The highest BCUT2D eigenvalue weighted by atomic mass is 16.5. The molecule has 0 aliphatic heterocycles. The predicted molar refractivity (Wildman–Crippen MR) is 112 cm³/mol. The molecular formula is C21H24N6O4. The number of benzene rings is 1. The molecule has 0 radical (unpaired) electrons. The average molecular weight is 424 g/mol. The van der Waals surface area contributed by atoms with Gasteiger partial charge in [0.1, 0.15) is 12.4 Å². The summed E-state index contributed by atoms with van der Waals surface area (Å²) in [5.41, 5.74) is 2.28. The lowest BCUT2D eigenvalue weighted by atomic mass is 9.82. The van der Waals surface area contributed by atoms with E-state index >= 15 is 0 Å². The number of hydrogen-bond acceptors (Lipinski definition) is 7. The second-order valence-electron chi connectivity index (χ2n) is 7.94. The van der Waals surface area contributed by atoms with Gasteiger partial charge in [0, 0.05) is 24.7 Å². The van der Waals surface area contributed by atoms with Crippen molar-refractivity contribution in [3.05, 3.63) is 47.0 Å². The first-order chi connectivity index (χ1) is 15.2. The van der Waals surface area contributed by atoms with Gasteiger partial charge in [-0.15, -0.1) is 10.2 Å². The lowest BCUT2D eigenvalue weighted by Gasteiger charge is -2.26. The summed E-state index contributed by atoms with van der Waals surface area (Å²) in [6.45, 7) is 0.826. The number of fused-ring (bicyclic) bond motifs is 1. The largest absolute Gasteiger partial charge is 0.491 e. The smallest absolute Gasteiger partial charge is 0.326 e. The van der Waals surface area contributed by atoms with Crippen LogP contribution in [0.1, 0.15) is 37.5 Å². The normalized spacial score (nSPS) is 19.1. The van der Waals surface area contributed by atoms with Crippen LogP contribution in [0.15, 0.2) is 39.8 Å². The van der Waals surface area contributed by atoms with E-state index in [0.29, 0.717) is 30.0 Å². The molecular weight excluding hydrogens is 400 g/mol. The summed E-state index contributed by atoms with van der Waals surface area (Å²) in [5.74, 6) is 2.43. The topological polar surface area (TPSA) is 135 Å². The van der Waals surface area contributed by atoms with Gasteiger partial charge >= 0.3 is 5.69 Å². The van der Waals surface area contributed by atoms with Crippen molar-refractivity contribution in [2.45, 2.75) is 38.1 Å². The second-order valence-corrected chi connectivity index (χ2v) is 7.94. The SMILES string of the molecule is O=c1[nH]c2ccc(OCCO)cc2n1CC1CCC(c2nnc(-c3cn[nH]c3)o2)CC1. The molecule has 4 aromatic rings. The van der Waals surface area contributed by atoms with Crippen LogP contribution >= 0.6 is 0 Å². The Morgan fingerprint density at radius 2 is 2.10 bits per heavy atom. The van der Waals surface area contributed by atoms with E-state index in [1.165, 1.54) is 0 Å². The Bertz CT molecular complexity index is 1200. The van der Waals surface area contributed by atoms with Crippen LogP contribution in [0.2, 0.25) is 0 Å². The molecule has 1 fully saturated rings. The Hall–Kier alpha value is -3.40. The molecule has 1 aromatic carbocycles. The highest BCUT2D eigenvalue weighted by Gasteiger charge is 2.27. The third-order valence-corrected chi connectivity index (χ3v) is 5.93. The number of nitrogens with one attached hydrogen (secondary N) is 2. The number of imidazole rings is 1. The summed E-state index contributed by atoms with van der Waals surface area (Å²) >= 11 is 0. The fourth-order valence-corrected chi connectivity index (χ4v) is 4.30. The number of aromatic amines is 2. The van der Waals surface area contributed by atoms with E-state index in [-0.39, 0.29) is 24.8 Å². The summed E-state index contributed by atoms with van der Waals surface area (Å²) in [7, 11) is 0. The number of aliphatic hydroxyl groups is 1. The van der Waals surface area contributed by atoms with E-state index in [2.05, 4.69) is 25.4 Å². The van der Waals surface area contributed by atoms with Gasteiger partial charge in [0.25, 0.3) is 5.89 Å². The molecule has 10 heteroatoms. The summed E-state index contributed by atoms with van der Waals surface area (Å²) in [6, 6.07) is 5.49. The fraction of sp³-hybridized carbons (Fsp3) is 0.429. The third-order valence-electron chi connectivity index (χ3n) is 5.93. The third kappa shape index (κ3) is 3.98. The van der Waals surface area contributed by atoms with Gasteiger partial charge in [-0.1, -0.05) is 0 Å². The summed E-state index contributed by atoms with van der Waals surface area (Å²) in [4.78, 5) is 15.4. The summed E-state index contributed by atoms with van der Waals surface area (Å²) < 4.78 is 13.1. The van der Waals surface area contributed by atoms with E-state index in [1.54, 1.807) is 23.0 Å². The highest BCUT2D eigenvalue weighted by Crippen LogP contribution is 2.36. The molecule has 0 unspecified atom stereocenters. The van der Waals surface area contributed by atoms with Crippen molar-refractivity contribution in [1.82, 2.24) is 29.9 Å². The van der Waals surface area contributed by atoms with Gasteiger partial charge in [-0.25, -0.2) is 4.79 Å². The van der Waals surface area contributed by atoms with Crippen LogP contribution in [0, 0.1) is 5.92 Å². The maximum absolute atomic E-state index is 12.5. The molecule has 3 aromatic heterocycles. The molecule has 0 spiro atoms. The van der Waals surface area contributed by atoms with Crippen molar-refractivity contribution in [2.24, 2.45) is 5.92 Å². The Morgan fingerprint density at radius 1 is 1.23 bits per heavy atom. The number of aromatic nitrogens is 6. The predicted octanol–water partition coefficient (Wildman–Crippen LogP) is 2.45. The van der Waals surface area contributed by atoms with E-state index in [4.69, 9.17) is 14.3 Å². The van der Waals surface area contributed by atoms with Crippen molar-refractivity contribution >= 4 is 11.0 Å².